The molecule has 0 saturated carbocycles. The highest BCUT2D eigenvalue weighted by molar-refractivity contribution is 7.91. The molecule has 0 spiro atoms. The molecule has 4 nitrogen and oxygen atoms in total. The van der Waals surface area contributed by atoms with Gasteiger partial charge in [0.1, 0.15) is 0 Å². The van der Waals surface area contributed by atoms with Crippen molar-refractivity contribution in [3.63, 3.8) is 0 Å². The third-order valence-electron chi connectivity index (χ3n) is 4.60. The minimum atomic E-state index is -2.87. The van der Waals surface area contributed by atoms with Crippen LogP contribution in [0.4, 0.5) is 0 Å². The van der Waals surface area contributed by atoms with Gasteiger partial charge in [-0.05, 0) is 49.7 Å². The van der Waals surface area contributed by atoms with Crippen molar-refractivity contribution in [2.24, 2.45) is 5.92 Å². The average Bonchev–Trinajstić information content (AvgIpc) is 2.99. The number of aryl methyl sites for hydroxylation is 2. The monoisotopic (exact) mass is 341 g/mol. The van der Waals surface area contributed by atoms with E-state index >= 15 is 0 Å². The lowest BCUT2D eigenvalue weighted by Crippen LogP contribution is -2.29. The minimum absolute atomic E-state index is 0.0407. The molecular formula is C16H23NO3S2. The number of hydrogen-bond donors (Lipinski definition) is 1. The van der Waals surface area contributed by atoms with Crippen LogP contribution in [0.2, 0.25) is 0 Å². The summed E-state index contributed by atoms with van der Waals surface area (Å²) in [6, 6.07) is 2.05. The van der Waals surface area contributed by atoms with Gasteiger partial charge in [0.2, 0.25) is 0 Å². The van der Waals surface area contributed by atoms with E-state index in [4.69, 9.17) is 0 Å². The Labute approximate surface area is 136 Å². The Morgan fingerprint density at radius 3 is 2.73 bits per heavy atom. The molecule has 2 heterocycles. The Kier molecular flexibility index (Phi) is 4.88. The lowest BCUT2D eigenvalue weighted by atomic mass is 10.00. The van der Waals surface area contributed by atoms with Crippen molar-refractivity contribution in [3.8, 4) is 0 Å². The molecular weight excluding hydrogens is 318 g/mol. The first-order valence-electron chi connectivity index (χ1n) is 8.14. The van der Waals surface area contributed by atoms with Crippen molar-refractivity contribution >= 4 is 27.1 Å². The highest BCUT2D eigenvalue weighted by atomic mass is 32.2. The van der Waals surface area contributed by atoms with Crippen LogP contribution in [0.3, 0.4) is 0 Å². The summed E-state index contributed by atoms with van der Waals surface area (Å²) in [5, 5.41) is 2.93. The molecule has 6 heteroatoms. The average molecular weight is 341 g/mol. The van der Waals surface area contributed by atoms with Crippen molar-refractivity contribution < 1.29 is 13.2 Å². The summed E-state index contributed by atoms with van der Waals surface area (Å²) in [5.74, 6) is 0.519. The SMILES string of the molecule is O=C(NCC1CCS(=O)(=O)C1)c1cc2c(s1)CCCCCC2. The Morgan fingerprint density at radius 1 is 1.23 bits per heavy atom. The summed E-state index contributed by atoms with van der Waals surface area (Å²) in [6.07, 6.45) is 7.85. The molecule has 2 aliphatic rings. The van der Waals surface area contributed by atoms with Crippen LogP contribution in [0.5, 0.6) is 0 Å². The van der Waals surface area contributed by atoms with Crippen LogP contribution < -0.4 is 5.32 Å². The van der Waals surface area contributed by atoms with Gasteiger partial charge in [-0.3, -0.25) is 4.79 Å². The summed E-state index contributed by atoms with van der Waals surface area (Å²) >= 11 is 1.62. The quantitative estimate of drug-likeness (QED) is 0.919. The topological polar surface area (TPSA) is 63.2 Å². The Hall–Kier alpha value is -0.880. The van der Waals surface area contributed by atoms with Crippen LogP contribution in [0, 0.1) is 5.92 Å². The van der Waals surface area contributed by atoms with Crippen LogP contribution in [0.1, 0.15) is 52.2 Å². The number of amides is 1. The van der Waals surface area contributed by atoms with Crippen LogP contribution in [-0.4, -0.2) is 32.4 Å². The van der Waals surface area contributed by atoms with Gasteiger partial charge in [-0.1, -0.05) is 12.8 Å². The molecule has 3 rings (SSSR count). The van der Waals surface area contributed by atoms with Crippen LogP contribution in [-0.2, 0) is 22.7 Å². The molecule has 1 unspecified atom stereocenters. The number of nitrogens with one attached hydrogen (secondary N) is 1. The van der Waals surface area contributed by atoms with Crippen LogP contribution in [0.25, 0.3) is 0 Å². The van der Waals surface area contributed by atoms with Gasteiger partial charge in [-0.25, -0.2) is 8.42 Å². The lowest BCUT2D eigenvalue weighted by Gasteiger charge is -2.08. The smallest absolute Gasteiger partial charge is 0.261 e. The van der Waals surface area contributed by atoms with Gasteiger partial charge in [0.15, 0.2) is 9.84 Å². The molecule has 1 saturated heterocycles. The normalized spacial score (nSPS) is 24.3. The van der Waals surface area contributed by atoms with Crippen molar-refractivity contribution in [2.75, 3.05) is 18.1 Å². The Morgan fingerprint density at radius 2 is 2.00 bits per heavy atom. The molecule has 1 amide bonds. The third-order valence-corrected chi connectivity index (χ3v) is 7.67. The molecule has 22 heavy (non-hydrogen) atoms. The van der Waals surface area contributed by atoms with Gasteiger partial charge in [0.05, 0.1) is 16.4 Å². The lowest BCUT2D eigenvalue weighted by molar-refractivity contribution is 0.0952. The van der Waals surface area contributed by atoms with E-state index in [1.807, 2.05) is 6.07 Å². The fourth-order valence-corrected chi connectivity index (χ4v) is 6.35. The van der Waals surface area contributed by atoms with Crippen LogP contribution >= 0.6 is 11.3 Å². The maximum atomic E-state index is 12.3. The van der Waals surface area contributed by atoms with Crippen molar-refractivity contribution in [3.05, 3.63) is 21.4 Å². The Bertz CT molecular complexity index is 623. The summed E-state index contributed by atoms with van der Waals surface area (Å²) < 4.78 is 22.9. The fraction of sp³-hybridized carbons (Fsp3) is 0.688. The second kappa shape index (κ2) is 6.71. The van der Waals surface area contributed by atoms with Gasteiger partial charge in [0.25, 0.3) is 5.91 Å². The van der Waals surface area contributed by atoms with E-state index in [9.17, 15) is 13.2 Å². The molecule has 0 aromatic carbocycles. The molecule has 1 atom stereocenters. The van der Waals surface area contributed by atoms with Crippen molar-refractivity contribution in [1.29, 1.82) is 0 Å². The first kappa shape index (κ1) is 16.0. The third kappa shape index (κ3) is 3.90. The number of sulfone groups is 1. The molecule has 122 valence electrons. The maximum absolute atomic E-state index is 12.3. The van der Waals surface area contributed by atoms with E-state index in [0.717, 1.165) is 17.7 Å². The van der Waals surface area contributed by atoms with E-state index in [1.54, 1.807) is 11.3 Å². The molecule has 0 bridgehead atoms. The number of carbonyl (C=O) groups excluding carboxylic acids is 1. The predicted molar refractivity (Wildman–Crippen MR) is 89.3 cm³/mol. The van der Waals surface area contributed by atoms with E-state index in [0.29, 0.717) is 13.0 Å². The molecule has 1 aliphatic carbocycles. The first-order chi connectivity index (χ1) is 10.5. The minimum Gasteiger partial charge on any atom is -0.351 e. The zero-order chi connectivity index (χ0) is 15.6. The summed E-state index contributed by atoms with van der Waals surface area (Å²) in [5.41, 5.74) is 1.35. The predicted octanol–water partition coefficient (Wildman–Crippen LogP) is 2.57. The highest BCUT2D eigenvalue weighted by Gasteiger charge is 2.28. The number of carbonyl (C=O) groups is 1. The number of rotatable bonds is 3. The molecule has 1 aliphatic heterocycles. The van der Waals surface area contributed by atoms with Gasteiger partial charge in [0, 0.05) is 11.4 Å². The second-order valence-corrected chi connectivity index (χ2v) is 9.82. The van der Waals surface area contributed by atoms with E-state index in [1.165, 1.54) is 36.1 Å². The van der Waals surface area contributed by atoms with Crippen LogP contribution in [0.15, 0.2) is 6.07 Å². The first-order valence-corrected chi connectivity index (χ1v) is 10.8. The van der Waals surface area contributed by atoms with Crippen molar-refractivity contribution in [1.82, 2.24) is 5.32 Å². The molecule has 1 N–H and O–H groups in total. The standard InChI is InChI=1S/C16H23NO3S2/c18-16(17-10-12-7-8-22(19,20)11-12)15-9-13-5-3-1-2-4-6-14(13)21-15/h9,12H,1-8,10-11H2,(H,17,18). The number of thiophene rings is 1. The zero-order valence-electron chi connectivity index (χ0n) is 12.8. The second-order valence-electron chi connectivity index (χ2n) is 6.45. The van der Waals surface area contributed by atoms with Gasteiger partial charge < -0.3 is 5.32 Å². The molecule has 1 fully saturated rings. The largest absolute Gasteiger partial charge is 0.351 e. The zero-order valence-corrected chi connectivity index (χ0v) is 14.4. The van der Waals surface area contributed by atoms with Crippen molar-refractivity contribution in [2.45, 2.75) is 44.9 Å². The molecule has 1 aromatic heterocycles. The molecule has 0 radical (unpaired) electrons. The highest BCUT2D eigenvalue weighted by Crippen LogP contribution is 2.28. The maximum Gasteiger partial charge on any atom is 0.261 e. The summed E-state index contributed by atoms with van der Waals surface area (Å²) in [7, 11) is -2.87. The van der Waals surface area contributed by atoms with E-state index in [-0.39, 0.29) is 23.3 Å². The van der Waals surface area contributed by atoms with E-state index < -0.39 is 9.84 Å². The van der Waals surface area contributed by atoms with Gasteiger partial charge in [-0.2, -0.15) is 0 Å². The van der Waals surface area contributed by atoms with E-state index in [2.05, 4.69) is 5.32 Å². The number of hydrogen-bond acceptors (Lipinski definition) is 4. The fourth-order valence-electron chi connectivity index (χ4n) is 3.31. The summed E-state index contributed by atoms with van der Waals surface area (Å²) in [4.78, 5) is 14.5. The van der Waals surface area contributed by atoms with Gasteiger partial charge in [-0.15, -0.1) is 11.3 Å². The van der Waals surface area contributed by atoms with Gasteiger partial charge >= 0.3 is 0 Å². The number of fused-ring (bicyclic) bond motifs is 1. The Balaban J connectivity index is 1.59. The summed E-state index contributed by atoms with van der Waals surface area (Å²) in [6.45, 7) is 0.473. The molecule has 1 aromatic rings.